The number of Topliss-reactive ketones (excluding diaryl/α,β-unsaturated/α-hetero) is 1. The molecule has 0 saturated carbocycles. The van der Waals surface area contributed by atoms with E-state index in [-0.39, 0.29) is 23.4 Å². The molecule has 4 nitrogen and oxygen atoms in total. The summed E-state index contributed by atoms with van der Waals surface area (Å²) in [5.74, 6) is -0.139. The van der Waals surface area contributed by atoms with Crippen molar-refractivity contribution in [2.24, 2.45) is 0 Å². The van der Waals surface area contributed by atoms with E-state index in [0.717, 1.165) is 23.2 Å². The highest BCUT2D eigenvalue weighted by Gasteiger charge is 2.31. The van der Waals surface area contributed by atoms with Crippen LogP contribution in [0.1, 0.15) is 56.9 Å². The largest absolute Gasteiger partial charge is 0.355 e. The lowest BCUT2D eigenvalue weighted by Gasteiger charge is -2.17. The quantitative estimate of drug-likeness (QED) is 0.875. The van der Waals surface area contributed by atoms with E-state index in [1.807, 2.05) is 11.8 Å². The summed E-state index contributed by atoms with van der Waals surface area (Å²) < 4.78 is 13.1. The number of amides is 1. The molecule has 1 saturated heterocycles. The molecule has 1 aliphatic rings. The number of nitrogens with one attached hydrogen (secondary N) is 1. The predicted octanol–water partition coefficient (Wildman–Crippen LogP) is 3.60. The number of likely N-dealkylation sites (tertiary alicyclic amines) is 1. The zero-order valence-corrected chi connectivity index (χ0v) is 14.1. The summed E-state index contributed by atoms with van der Waals surface area (Å²) in [4.78, 5) is 29.4. The molecule has 1 aromatic carbocycles. The second-order valence-corrected chi connectivity index (χ2v) is 6.47. The first-order chi connectivity index (χ1) is 11.4. The third-order valence-corrected chi connectivity index (χ3v) is 4.82. The van der Waals surface area contributed by atoms with E-state index < -0.39 is 0 Å². The lowest BCUT2D eigenvalue weighted by Crippen LogP contribution is -2.29. The Kier molecular flexibility index (Phi) is 4.26. The Morgan fingerprint density at radius 1 is 1.21 bits per heavy atom. The van der Waals surface area contributed by atoms with Gasteiger partial charge in [0.05, 0.1) is 11.3 Å². The smallest absolute Gasteiger partial charge is 0.255 e. The number of aromatic nitrogens is 1. The molecular weight excluding hydrogens is 307 g/mol. The number of benzene rings is 1. The highest BCUT2D eigenvalue weighted by atomic mass is 19.1. The predicted molar refractivity (Wildman–Crippen MR) is 89.9 cm³/mol. The van der Waals surface area contributed by atoms with Crippen LogP contribution in [0.15, 0.2) is 24.3 Å². The molecule has 1 aromatic heterocycles. The summed E-state index contributed by atoms with van der Waals surface area (Å²) in [6, 6.07) is 6.49. The van der Waals surface area contributed by atoms with Crippen LogP contribution in [0, 0.1) is 19.7 Å². The Morgan fingerprint density at radius 2 is 1.88 bits per heavy atom. The molecule has 0 aliphatic carbocycles. The highest BCUT2D eigenvalue weighted by molar-refractivity contribution is 6.02. The molecule has 1 N–H and O–H groups in total. The van der Waals surface area contributed by atoms with Crippen LogP contribution in [0.2, 0.25) is 0 Å². The molecule has 1 amide bonds. The zero-order valence-electron chi connectivity index (χ0n) is 14.1. The van der Waals surface area contributed by atoms with Crippen LogP contribution in [-0.4, -0.2) is 34.7 Å². The van der Waals surface area contributed by atoms with Crippen molar-refractivity contribution in [3.63, 3.8) is 0 Å². The van der Waals surface area contributed by atoms with E-state index in [4.69, 9.17) is 0 Å². The van der Waals surface area contributed by atoms with E-state index in [0.29, 0.717) is 24.3 Å². The highest BCUT2D eigenvalue weighted by Crippen LogP contribution is 2.30. The molecule has 1 fully saturated rings. The fourth-order valence-electron chi connectivity index (χ4n) is 3.53. The Labute approximate surface area is 140 Å². The number of hydrogen-bond acceptors (Lipinski definition) is 2. The Hall–Kier alpha value is -2.43. The fraction of sp³-hybridized carbons (Fsp3) is 0.368. The lowest BCUT2D eigenvalue weighted by atomic mass is 9.98. The van der Waals surface area contributed by atoms with Crippen LogP contribution < -0.4 is 0 Å². The summed E-state index contributed by atoms with van der Waals surface area (Å²) in [5.41, 5.74) is 3.60. The van der Waals surface area contributed by atoms with E-state index in [2.05, 4.69) is 4.98 Å². The van der Waals surface area contributed by atoms with Crippen LogP contribution in [-0.2, 0) is 0 Å². The van der Waals surface area contributed by atoms with Gasteiger partial charge in [-0.25, -0.2) is 4.39 Å². The first-order valence-corrected chi connectivity index (χ1v) is 8.13. The second kappa shape index (κ2) is 6.23. The standard InChI is InChI=1S/C19H21FN2O2/c1-11-17(12(2)21-18(11)13(3)23)19(24)22-9-8-15(10-22)14-4-6-16(20)7-5-14/h4-7,15,21H,8-10H2,1-3H3. The summed E-state index contributed by atoms with van der Waals surface area (Å²) in [5, 5.41) is 0. The van der Waals surface area contributed by atoms with E-state index in [1.165, 1.54) is 19.1 Å². The first kappa shape index (κ1) is 16.4. The number of halogens is 1. The van der Waals surface area contributed by atoms with Gasteiger partial charge >= 0.3 is 0 Å². The van der Waals surface area contributed by atoms with E-state index in [1.54, 1.807) is 19.1 Å². The maximum Gasteiger partial charge on any atom is 0.255 e. The molecule has 126 valence electrons. The number of H-pyrrole nitrogens is 1. The molecule has 1 unspecified atom stereocenters. The molecule has 3 rings (SSSR count). The van der Waals surface area contributed by atoms with E-state index in [9.17, 15) is 14.0 Å². The third kappa shape index (κ3) is 2.86. The van der Waals surface area contributed by atoms with Crippen molar-refractivity contribution in [2.75, 3.05) is 13.1 Å². The van der Waals surface area contributed by atoms with Crippen molar-refractivity contribution >= 4 is 11.7 Å². The van der Waals surface area contributed by atoms with Gasteiger partial charge in [-0.3, -0.25) is 9.59 Å². The monoisotopic (exact) mass is 328 g/mol. The molecule has 5 heteroatoms. The molecular formula is C19H21FN2O2. The molecule has 1 aliphatic heterocycles. The van der Waals surface area contributed by atoms with Gasteiger partial charge in [-0.05, 0) is 43.5 Å². The van der Waals surface area contributed by atoms with Crippen LogP contribution in [0.25, 0.3) is 0 Å². The number of carbonyl (C=O) groups excluding carboxylic acids is 2. The average molecular weight is 328 g/mol. The minimum absolute atomic E-state index is 0.0432. The van der Waals surface area contributed by atoms with Gasteiger partial charge in [0, 0.05) is 31.6 Å². The summed E-state index contributed by atoms with van der Waals surface area (Å²) >= 11 is 0. The SMILES string of the molecule is CC(=O)c1[nH]c(C)c(C(=O)N2CCC(c3ccc(F)cc3)C2)c1C. The van der Waals surface area contributed by atoms with Gasteiger partial charge in [-0.15, -0.1) is 0 Å². The Morgan fingerprint density at radius 3 is 2.46 bits per heavy atom. The van der Waals surface area contributed by atoms with Crippen molar-refractivity contribution in [3.8, 4) is 0 Å². The van der Waals surface area contributed by atoms with Gasteiger partial charge in [0.15, 0.2) is 5.78 Å². The number of aryl methyl sites for hydroxylation is 1. The van der Waals surface area contributed by atoms with Crippen LogP contribution >= 0.6 is 0 Å². The minimum atomic E-state index is -0.250. The van der Waals surface area contributed by atoms with Gasteiger partial charge in [-0.2, -0.15) is 0 Å². The topological polar surface area (TPSA) is 53.2 Å². The normalized spacial score (nSPS) is 17.3. The fourth-order valence-corrected chi connectivity index (χ4v) is 3.53. The van der Waals surface area contributed by atoms with Gasteiger partial charge in [0.25, 0.3) is 5.91 Å². The van der Waals surface area contributed by atoms with Crippen molar-refractivity contribution in [2.45, 2.75) is 33.1 Å². The number of aromatic amines is 1. The lowest BCUT2D eigenvalue weighted by molar-refractivity contribution is 0.0789. The van der Waals surface area contributed by atoms with Gasteiger partial charge < -0.3 is 9.88 Å². The van der Waals surface area contributed by atoms with E-state index >= 15 is 0 Å². The molecule has 24 heavy (non-hydrogen) atoms. The summed E-state index contributed by atoms with van der Waals surface area (Å²) in [6.07, 6.45) is 0.861. The van der Waals surface area contributed by atoms with Crippen LogP contribution in [0.5, 0.6) is 0 Å². The van der Waals surface area contributed by atoms with Crippen molar-refractivity contribution in [1.29, 1.82) is 0 Å². The second-order valence-electron chi connectivity index (χ2n) is 6.47. The number of rotatable bonds is 3. The molecule has 0 radical (unpaired) electrons. The van der Waals surface area contributed by atoms with Crippen LogP contribution in [0.3, 0.4) is 0 Å². The van der Waals surface area contributed by atoms with Crippen molar-refractivity contribution in [3.05, 3.63) is 58.2 Å². The molecule has 0 spiro atoms. The maximum absolute atomic E-state index is 13.1. The Balaban J connectivity index is 1.80. The summed E-state index contributed by atoms with van der Waals surface area (Å²) in [7, 11) is 0. The third-order valence-electron chi connectivity index (χ3n) is 4.82. The zero-order chi connectivity index (χ0) is 17.4. The Bertz CT molecular complexity index is 792. The number of nitrogens with zero attached hydrogens (tertiary/aromatic N) is 1. The van der Waals surface area contributed by atoms with Gasteiger partial charge in [-0.1, -0.05) is 12.1 Å². The van der Waals surface area contributed by atoms with Crippen LogP contribution in [0.4, 0.5) is 4.39 Å². The molecule has 2 aromatic rings. The van der Waals surface area contributed by atoms with Gasteiger partial charge in [0.2, 0.25) is 0 Å². The van der Waals surface area contributed by atoms with Crippen molar-refractivity contribution < 1.29 is 14.0 Å². The maximum atomic E-state index is 13.1. The van der Waals surface area contributed by atoms with Gasteiger partial charge in [0.1, 0.15) is 5.82 Å². The molecule has 1 atom stereocenters. The summed E-state index contributed by atoms with van der Waals surface area (Å²) in [6.45, 7) is 6.40. The number of carbonyl (C=O) groups is 2. The number of hydrogen-bond donors (Lipinski definition) is 1. The number of ketones is 1. The van der Waals surface area contributed by atoms with Crippen molar-refractivity contribution in [1.82, 2.24) is 9.88 Å². The first-order valence-electron chi connectivity index (χ1n) is 8.13. The average Bonchev–Trinajstić information content (AvgIpc) is 3.13. The minimum Gasteiger partial charge on any atom is -0.355 e. The molecule has 2 heterocycles. The molecule has 0 bridgehead atoms.